The van der Waals surface area contributed by atoms with Crippen LogP contribution in [-0.4, -0.2) is 49.3 Å². The Labute approximate surface area is 138 Å². The third kappa shape index (κ3) is 6.35. The number of alkyl halides is 3. The summed E-state index contributed by atoms with van der Waals surface area (Å²) in [5.74, 6) is 0.254. The first-order chi connectivity index (χ1) is 11.4. The SMILES string of the molecule is CCNC(=NCc1ccc(F)cc1)NC1CCN(CC(F)(F)F)C1. The summed E-state index contributed by atoms with van der Waals surface area (Å²) in [4.78, 5) is 5.80. The van der Waals surface area contributed by atoms with Gasteiger partial charge in [-0.15, -0.1) is 0 Å². The molecule has 8 heteroatoms. The molecule has 134 valence electrons. The maximum Gasteiger partial charge on any atom is 0.401 e. The van der Waals surface area contributed by atoms with Gasteiger partial charge in [-0.2, -0.15) is 13.2 Å². The van der Waals surface area contributed by atoms with Gasteiger partial charge >= 0.3 is 6.18 Å². The molecule has 1 fully saturated rings. The highest BCUT2D eigenvalue weighted by Crippen LogP contribution is 2.19. The van der Waals surface area contributed by atoms with Crippen molar-refractivity contribution < 1.29 is 17.6 Å². The van der Waals surface area contributed by atoms with Crippen molar-refractivity contribution in [1.82, 2.24) is 15.5 Å². The van der Waals surface area contributed by atoms with E-state index in [-0.39, 0.29) is 11.9 Å². The van der Waals surface area contributed by atoms with Crippen molar-refractivity contribution in [2.24, 2.45) is 4.99 Å². The zero-order chi connectivity index (χ0) is 17.6. The number of hydrogen-bond acceptors (Lipinski definition) is 2. The molecular weight excluding hydrogens is 324 g/mol. The summed E-state index contributed by atoms with van der Waals surface area (Å²) in [6, 6.07) is 5.99. The fraction of sp³-hybridized carbons (Fsp3) is 0.562. The Morgan fingerprint density at radius 2 is 2.00 bits per heavy atom. The quantitative estimate of drug-likeness (QED) is 0.489. The van der Waals surface area contributed by atoms with E-state index in [1.54, 1.807) is 12.1 Å². The maximum absolute atomic E-state index is 12.9. The Morgan fingerprint density at radius 3 is 2.62 bits per heavy atom. The molecule has 24 heavy (non-hydrogen) atoms. The first-order valence-corrected chi connectivity index (χ1v) is 7.94. The lowest BCUT2D eigenvalue weighted by Crippen LogP contribution is -2.45. The zero-order valence-corrected chi connectivity index (χ0v) is 13.5. The van der Waals surface area contributed by atoms with Gasteiger partial charge in [-0.1, -0.05) is 12.1 Å². The molecule has 1 aliphatic rings. The minimum Gasteiger partial charge on any atom is -0.357 e. The average Bonchev–Trinajstić information content (AvgIpc) is 2.91. The predicted octanol–water partition coefficient (Wildman–Crippen LogP) is 2.52. The Bertz CT molecular complexity index is 542. The Kier molecular flexibility index (Phi) is 6.42. The van der Waals surface area contributed by atoms with E-state index in [4.69, 9.17) is 0 Å². The molecule has 1 heterocycles. The number of likely N-dealkylation sites (tertiary alicyclic amines) is 1. The number of hydrogen-bond donors (Lipinski definition) is 2. The summed E-state index contributed by atoms with van der Waals surface area (Å²) in [6.45, 7) is 2.80. The third-order valence-corrected chi connectivity index (χ3v) is 3.69. The Balaban J connectivity index is 1.89. The van der Waals surface area contributed by atoms with Crippen LogP contribution >= 0.6 is 0 Å². The van der Waals surface area contributed by atoms with Crippen LogP contribution in [0.25, 0.3) is 0 Å². The molecule has 0 bridgehead atoms. The lowest BCUT2D eigenvalue weighted by molar-refractivity contribution is -0.143. The highest BCUT2D eigenvalue weighted by molar-refractivity contribution is 5.80. The van der Waals surface area contributed by atoms with E-state index in [9.17, 15) is 17.6 Å². The molecule has 2 N–H and O–H groups in total. The van der Waals surface area contributed by atoms with Gasteiger partial charge in [0.15, 0.2) is 5.96 Å². The topological polar surface area (TPSA) is 39.7 Å². The third-order valence-electron chi connectivity index (χ3n) is 3.69. The molecular formula is C16H22F4N4. The number of benzene rings is 1. The molecule has 0 saturated carbocycles. The van der Waals surface area contributed by atoms with Crippen LogP contribution in [0, 0.1) is 5.82 Å². The monoisotopic (exact) mass is 346 g/mol. The minimum atomic E-state index is -4.17. The van der Waals surface area contributed by atoms with Crippen LogP contribution in [0.1, 0.15) is 18.9 Å². The Hall–Kier alpha value is -1.83. The van der Waals surface area contributed by atoms with Crippen molar-refractivity contribution in [2.45, 2.75) is 32.1 Å². The standard InChI is InChI=1S/C16H22F4N4/c1-2-21-15(22-9-12-3-5-13(17)6-4-12)23-14-7-8-24(10-14)11-16(18,19)20/h3-6,14H,2,7-11H2,1H3,(H2,21,22,23). The number of nitrogens with one attached hydrogen (secondary N) is 2. The van der Waals surface area contributed by atoms with Crippen molar-refractivity contribution >= 4 is 5.96 Å². The number of nitrogens with zero attached hydrogens (tertiary/aromatic N) is 2. The van der Waals surface area contributed by atoms with Gasteiger partial charge in [-0.25, -0.2) is 9.38 Å². The largest absolute Gasteiger partial charge is 0.401 e. The molecule has 0 aliphatic carbocycles. The molecule has 4 nitrogen and oxygen atoms in total. The molecule has 2 rings (SSSR count). The van der Waals surface area contributed by atoms with Crippen molar-refractivity contribution in [3.8, 4) is 0 Å². The van der Waals surface area contributed by atoms with Crippen LogP contribution < -0.4 is 10.6 Å². The molecule has 1 aromatic carbocycles. The van der Waals surface area contributed by atoms with Gasteiger partial charge in [0.25, 0.3) is 0 Å². The van der Waals surface area contributed by atoms with Gasteiger partial charge in [0.1, 0.15) is 5.82 Å². The van der Waals surface area contributed by atoms with Crippen molar-refractivity contribution in [3.63, 3.8) is 0 Å². The zero-order valence-electron chi connectivity index (χ0n) is 13.5. The molecule has 1 unspecified atom stereocenters. The van der Waals surface area contributed by atoms with E-state index in [0.717, 1.165) is 5.56 Å². The summed E-state index contributed by atoms with van der Waals surface area (Å²) in [7, 11) is 0. The van der Waals surface area contributed by atoms with Crippen LogP contribution in [0.4, 0.5) is 17.6 Å². The first-order valence-electron chi connectivity index (χ1n) is 7.94. The second-order valence-corrected chi connectivity index (χ2v) is 5.80. The molecule has 0 spiro atoms. The van der Waals surface area contributed by atoms with Crippen LogP contribution in [0.2, 0.25) is 0 Å². The summed E-state index contributed by atoms with van der Waals surface area (Å²) in [5.41, 5.74) is 0.860. The van der Waals surface area contributed by atoms with E-state index >= 15 is 0 Å². The summed E-state index contributed by atoms with van der Waals surface area (Å²) >= 11 is 0. The summed E-state index contributed by atoms with van der Waals surface area (Å²) < 4.78 is 50.2. The fourth-order valence-corrected chi connectivity index (χ4v) is 2.62. The van der Waals surface area contributed by atoms with Crippen LogP contribution in [0.15, 0.2) is 29.3 Å². The van der Waals surface area contributed by atoms with E-state index in [0.29, 0.717) is 38.6 Å². The van der Waals surface area contributed by atoms with E-state index in [2.05, 4.69) is 15.6 Å². The second-order valence-electron chi connectivity index (χ2n) is 5.80. The number of halogens is 4. The number of guanidine groups is 1. The highest BCUT2D eigenvalue weighted by atomic mass is 19.4. The van der Waals surface area contributed by atoms with Gasteiger partial charge in [0, 0.05) is 25.7 Å². The number of rotatable bonds is 5. The smallest absolute Gasteiger partial charge is 0.357 e. The van der Waals surface area contributed by atoms with Crippen molar-refractivity contribution in [1.29, 1.82) is 0 Å². The first kappa shape index (κ1) is 18.5. The molecule has 1 saturated heterocycles. The van der Waals surface area contributed by atoms with Crippen LogP contribution in [0.3, 0.4) is 0 Å². The predicted molar refractivity (Wildman–Crippen MR) is 85.3 cm³/mol. The Morgan fingerprint density at radius 1 is 1.29 bits per heavy atom. The summed E-state index contributed by atoms with van der Waals surface area (Å²) in [5, 5.41) is 6.25. The van der Waals surface area contributed by atoms with Gasteiger partial charge in [0.05, 0.1) is 13.1 Å². The fourth-order valence-electron chi connectivity index (χ4n) is 2.62. The van der Waals surface area contributed by atoms with E-state index < -0.39 is 12.7 Å². The summed E-state index contributed by atoms with van der Waals surface area (Å²) in [6.07, 6.45) is -3.53. The van der Waals surface area contributed by atoms with E-state index in [1.165, 1.54) is 17.0 Å². The minimum absolute atomic E-state index is 0.0710. The van der Waals surface area contributed by atoms with Gasteiger partial charge < -0.3 is 10.6 Å². The van der Waals surface area contributed by atoms with Crippen LogP contribution in [-0.2, 0) is 6.54 Å². The lowest BCUT2D eigenvalue weighted by Gasteiger charge is -2.19. The molecule has 0 radical (unpaired) electrons. The molecule has 1 aliphatic heterocycles. The normalized spacial score (nSPS) is 19.5. The van der Waals surface area contributed by atoms with Crippen molar-refractivity contribution in [3.05, 3.63) is 35.6 Å². The second kappa shape index (κ2) is 8.32. The average molecular weight is 346 g/mol. The highest BCUT2D eigenvalue weighted by Gasteiger charge is 2.34. The molecule has 0 aromatic heterocycles. The van der Waals surface area contributed by atoms with Gasteiger partial charge in [-0.3, -0.25) is 4.90 Å². The van der Waals surface area contributed by atoms with Gasteiger partial charge in [0.2, 0.25) is 0 Å². The van der Waals surface area contributed by atoms with Crippen LogP contribution in [0.5, 0.6) is 0 Å². The lowest BCUT2D eigenvalue weighted by atomic mass is 10.2. The molecule has 1 aromatic rings. The number of aliphatic imine (C=N–C) groups is 1. The molecule has 1 atom stereocenters. The van der Waals surface area contributed by atoms with E-state index in [1.807, 2.05) is 6.92 Å². The maximum atomic E-state index is 12.9. The van der Waals surface area contributed by atoms with Gasteiger partial charge in [-0.05, 0) is 31.0 Å². The van der Waals surface area contributed by atoms with Crippen molar-refractivity contribution in [2.75, 3.05) is 26.2 Å². The molecule has 0 amide bonds.